The number of benzene rings is 2. The molecule has 0 atom stereocenters. The van der Waals surface area contributed by atoms with Gasteiger partial charge in [-0.2, -0.15) is 5.26 Å². The molecule has 0 N–H and O–H groups in total. The zero-order chi connectivity index (χ0) is 18.1. The topological polar surface area (TPSA) is 62.9 Å². The lowest BCUT2D eigenvalue weighted by atomic mass is 10.0. The minimum atomic E-state index is -0.216. The van der Waals surface area contributed by atoms with E-state index in [0.717, 1.165) is 11.3 Å². The van der Waals surface area contributed by atoms with E-state index in [1.807, 2.05) is 36.4 Å². The molecule has 0 spiro atoms. The quantitative estimate of drug-likeness (QED) is 0.518. The van der Waals surface area contributed by atoms with E-state index >= 15 is 0 Å². The van der Waals surface area contributed by atoms with E-state index in [-0.39, 0.29) is 11.3 Å². The van der Waals surface area contributed by atoms with Gasteiger partial charge >= 0.3 is 0 Å². The summed E-state index contributed by atoms with van der Waals surface area (Å²) >= 11 is 1.16. The van der Waals surface area contributed by atoms with Crippen LogP contribution >= 0.6 is 11.3 Å². The van der Waals surface area contributed by atoms with Crippen LogP contribution in [0.25, 0.3) is 15.9 Å². The molecule has 4 rings (SSSR count). The average molecular weight is 356 g/mol. The molecule has 5 heteroatoms. The zero-order valence-corrected chi connectivity index (χ0v) is 14.4. The molecule has 0 aliphatic carbocycles. The summed E-state index contributed by atoms with van der Waals surface area (Å²) in [6.45, 7) is 0. The summed E-state index contributed by atoms with van der Waals surface area (Å²) in [7, 11) is 0. The Hall–Kier alpha value is -3.49. The number of nitriles is 1. The predicted octanol–water partition coefficient (Wildman–Crippen LogP) is 4.15. The van der Waals surface area contributed by atoms with Crippen LogP contribution in [0.5, 0.6) is 0 Å². The first kappa shape index (κ1) is 16.0. The van der Waals surface area contributed by atoms with Crippen LogP contribution in [0.2, 0.25) is 0 Å². The number of nitrogens with zero attached hydrogens (tertiary/aromatic N) is 2. The Morgan fingerprint density at radius 1 is 0.923 bits per heavy atom. The molecule has 0 aliphatic rings. The number of hydrogen-bond acceptors (Lipinski definition) is 4. The molecule has 4 nitrogen and oxygen atoms in total. The number of ketones is 1. The van der Waals surface area contributed by atoms with Crippen LogP contribution in [-0.4, -0.2) is 10.4 Å². The molecule has 0 aliphatic heterocycles. The average Bonchev–Trinajstić information content (AvgIpc) is 3.07. The predicted molar refractivity (Wildman–Crippen MR) is 102 cm³/mol. The smallest absolute Gasteiger partial charge is 0.256 e. The maximum atomic E-state index is 13.0. The molecule has 0 bridgehead atoms. The number of hydrogen-bond donors (Lipinski definition) is 0. The number of carbonyl (C=O) groups excluding carboxylic acids is 1. The molecule has 26 heavy (non-hydrogen) atoms. The number of fused-ring (bicyclic) bond motifs is 1. The van der Waals surface area contributed by atoms with E-state index < -0.39 is 0 Å². The van der Waals surface area contributed by atoms with Crippen LogP contribution in [0.4, 0.5) is 0 Å². The van der Waals surface area contributed by atoms with Gasteiger partial charge in [0.1, 0.15) is 15.8 Å². The summed E-state index contributed by atoms with van der Waals surface area (Å²) in [6.07, 6.45) is 0. The first-order chi connectivity index (χ1) is 12.7. The van der Waals surface area contributed by atoms with Gasteiger partial charge in [0.15, 0.2) is 5.78 Å². The Balaban J connectivity index is 2.03. The molecule has 0 amide bonds. The lowest BCUT2D eigenvalue weighted by Gasteiger charge is -2.07. The second-order valence-electron chi connectivity index (χ2n) is 5.67. The Labute approximate surface area is 153 Å². The highest BCUT2D eigenvalue weighted by atomic mass is 32.1. The summed E-state index contributed by atoms with van der Waals surface area (Å²) in [4.78, 5) is 26.4. The Morgan fingerprint density at radius 2 is 1.58 bits per heavy atom. The van der Waals surface area contributed by atoms with Gasteiger partial charge in [-0.25, -0.2) is 0 Å². The minimum Gasteiger partial charge on any atom is -0.289 e. The molecular weight excluding hydrogens is 344 g/mol. The van der Waals surface area contributed by atoms with Crippen LogP contribution in [-0.2, 0) is 0 Å². The monoisotopic (exact) mass is 356 g/mol. The first-order valence-corrected chi connectivity index (χ1v) is 8.76. The molecule has 124 valence electrons. The minimum absolute atomic E-state index is 0.201. The third kappa shape index (κ3) is 2.53. The molecular formula is C21H12N2O2S. The van der Waals surface area contributed by atoms with Gasteiger partial charge in [0.25, 0.3) is 5.56 Å². The van der Waals surface area contributed by atoms with Crippen molar-refractivity contribution in [2.75, 3.05) is 0 Å². The molecule has 2 aromatic carbocycles. The van der Waals surface area contributed by atoms with E-state index in [9.17, 15) is 14.9 Å². The molecule has 2 aromatic heterocycles. The lowest BCUT2D eigenvalue weighted by Crippen LogP contribution is -2.16. The lowest BCUT2D eigenvalue weighted by molar-refractivity contribution is 0.104. The second-order valence-corrected chi connectivity index (χ2v) is 6.67. The van der Waals surface area contributed by atoms with Gasteiger partial charge in [0, 0.05) is 17.0 Å². The van der Waals surface area contributed by atoms with Crippen molar-refractivity contribution in [3.05, 3.63) is 99.2 Å². The van der Waals surface area contributed by atoms with Crippen molar-refractivity contribution in [1.82, 2.24) is 4.57 Å². The van der Waals surface area contributed by atoms with E-state index in [1.165, 1.54) is 6.07 Å². The zero-order valence-electron chi connectivity index (χ0n) is 13.5. The van der Waals surface area contributed by atoms with Crippen molar-refractivity contribution in [1.29, 1.82) is 5.26 Å². The fourth-order valence-electron chi connectivity index (χ4n) is 2.94. The van der Waals surface area contributed by atoms with Gasteiger partial charge in [-0.1, -0.05) is 48.5 Å². The van der Waals surface area contributed by atoms with Crippen molar-refractivity contribution in [3.63, 3.8) is 0 Å². The van der Waals surface area contributed by atoms with Gasteiger partial charge in [-0.15, -0.1) is 11.3 Å². The highest BCUT2D eigenvalue weighted by molar-refractivity contribution is 7.19. The number of aromatic nitrogens is 1. The maximum absolute atomic E-state index is 13.0. The van der Waals surface area contributed by atoms with E-state index in [1.54, 1.807) is 34.9 Å². The second kappa shape index (κ2) is 6.43. The van der Waals surface area contributed by atoms with Gasteiger partial charge < -0.3 is 0 Å². The Morgan fingerprint density at radius 3 is 2.23 bits per heavy atom. The molecule has 0 radical (unpaired) electrons. The molecule has 0 saturated heterocycles. The van der Waals surface area contributed by atoms with E-state index in [4.69, 9.17) is 0 Å². The summed E-state index contributed by atoms with van der Waals surface area (Å²) in [5.74, 6) is -0.216. The van der Waals surface area contributed by atoms with Crippen molar-refractivity contribution in [2.24, 2.45) is 0 Å². The van der Waals surface area contributed by atoms with Crippen LogP contribution in [0.1, 0.15) is 20.8 Å². The number of carbonyl (C=O) groups is 1. The third-order valence-corrected chi connectivity index (χ3v) is 5.22. The van der Waals surface area contributed by atoms with Crippen molar-refractivity contribution < 1.29 is 4.79 Å². The van der Waals surface area contributed by atoms with Crippen LogP contribution in [0, 0.1) is 11.3 Å². The van der Waals surface area contributed by atoms with Gasteiger partial charge in [0.2, 0.25) is 0 Å². The highest BCUT2D eigenvalue weighted by Gasteiger charge is 2.22. The molecule has 0 unspecified atom stereocenters. The standard InChI is InChI=1S/C21H12N2O2S/c22-13-17-19(20(25)14-7-3-1-4-8-14)16-11-12-18(24)23(21(16)26-17)15-9-5-2-6-10-15/h1-12H. The summed E-state index contributed by atoms with van der Waals surface area (Å²) in [6, 6.07) is 23.2. The Kier molecular flexibility index (Phi) is 3.96. The molecule has 2 heterocycles. The van der Waals surface area contributed by atoms with Crippen LogP contribution < -0.4 is 5.56 Å². The van der Waals surface area contributed by atoms with Crippen molar-refractivity contribution in [3.8, 4) is 11.8 Å². The van der Waals surface area contributed by atoms with Crippen LogP contribution in [0.15, 0.2) is 77.6 Å². The van der Waals surface area contributed by atoms with E-state index in [0.29, 0.717) is 31.9 Å². The molecule has 0 fully saturated rings. The molecule has 0 saturated carbocycles. The summed E-state index contributed by atoms with van der Waals surface area (Å²) in [5.41, 5.74) is 1.37. The Bertz CT molecular complexity index is 1220. The fourth-order valence-corrected chi connectivity index (χ4v) is 4.05. The number of thiophene rings is 1. The fraction of sp³-hybridized carbons (Fsp3) is 0. The summed E-state index contributed by atoms with van der Waals surface area (Å²) < 4.78 is 1.54. The van der Waals surface area contributed by atoms with Gasteiger partial charge in [-0.3, -0.25) is 14.2 Å². The number of rotatable bonds is 3. The van der Waals surface area contributed by atoms with Crippen molar-refractivity contribution >= 4 is 27.3 Å². The molecule has 4 aromatic rings. The normalized spacial score (nSPS) is 10.6. The first-order valence-electron chi connectivity index (χ1n) is 7.94. The maximum Gasteiger partial charge on any atom is 0.256 e. The van der Waals surface area contributed by atoms with Gasteiger partial charge in [0.05, 0.1) is 11.3 Å². The largest absolute Gasteiger partial charge is 0.289 e. The number of pyridine rings is 1. The van der Waals surface area contributed by atoms with E-state index in [2.05, 4.69) is 6.07 Å². The van der Waals surface area contributed by atoms with Gasteiger partial charge in [-0.05, 0) is 18.2 Å². The SMILES string of the molecule is N#Cc1sc2c(ccc(=O)n2-c2ccccc2)c1C(=O)c1ccccc1. The number of para-hydroxylation sites is 1. The van der Waals surface area contributed by atoms with Crippen LogP contribution in [0.3, 0.4) is 0 Å². The summed E-state index contributed by atoms with van der Waals surface area (Å²) in [5, 5.41) is 10.2. The van der Waals surface area contributed by atoms with Crippen molar-refractivity contribution in [2.45, 2.75) is 0 Å². The third-order valence-electron chi connectivity index (χ3n) is 4.12. The highest BCUT2D eigenvalue weighted by Crippen LogP contribution is 2.33.